The first-order valence-electron chi connectivity index (χ1n) is 8.67. The van der Waals surface area contributed by atoms with E-state index in [1.165, 1.54) is 0 Å². The normalized spacial score (nSPS) is 14.0. The number of aromatic amines is 1. The van der Waals surface area contributed by atoms with Crippen LogP contribution in [0.25, 0.3) is 6.08 Å². The molecule has 0 amide bonds. The van der Waals surface area contributed by atoms with E-state index in [4.69, 9.17) is 11.6 Å². The van der Waals surface area contributed by atoms with Crippen LogP contribution in [0.1, 0.15) is 29.2 Å². The molecule has 4 rings (SSSR count). The SMILES string of the molecule is OC(c1ccc(NCc2ccccc2Cl)nc1F)c1c[nH]c2c1=CCCN=2. The van der Waals surface area contributed by atoms with Gasteiger partial charge in [0.25, 0.3) is 0 Å². The Hall–Kier alpha value is -2.70. The van der Waals surface area contributed by atoms with E-state index in [1.807, 2.05) is 24.3 Å². The molecule has 1 aliphatic rings. The van der Waals surface area contributed by atoms with Crippen molar-refractivity contribution in [1.82, 2.24) is 9.97 Å². The maximum absolute atomic E-state index is 14.5. The number of nitrogens with zero attached hydrogens (tertiary/aromatic N) is 2. The molecule has 27 heavy (non-hydrogen) atoms. The number of hydrogen-bond donors (Lipinski definition) is 3. The summed E-state index contributed by atoms with van der Waals surface area (Å²) in [7, 11) is 0. The molecule has 1 atom stereocenters. The molecule has 2 aromatic heterocycles. The van der Waals surface area contributed by atoms with Gasteiger partial charge >= 0.3 is 0 Å². The molecule has 3 N–H and O–H groups in total. The number of anilines is 1. The highest BCUT2D eigenvalue weighted by molar-refractivity contribution is 6.31. The Morgan fingerprint density at radius 3 is 2.89 bits per heavy atom. The van der Waals surface area contributed by atoms with Crippen molar-refractivity contribution in [3.63, 3.8) is 0 Å². The van der Waals surface area contributed by atoms with Gasteiger partial charge in [0.05, 0.1) is 0 Å². The minimum absolute atomic E-state index is 0.124. The first-order chi connectivity index (χ1) is 13.1. The smallest absolute Gasteiger partial charge is 0.220 e. The summed E-state index contributed by atoms with van der Waals surface area (Å²) in [4.78, 5) is 11.3. The number of pyridine rings is 1. The fourth-order valence-electron chi connectivity index (χ4n) is 3.14. The second-order valence-corrected chi connectivity index (χ2v) is 6.71. The highest BCUT2D eigenvalue weighted by atomic mass is 35.5. The highest BCUT2D eigenvalue weighted by Gasteiger charge is 2.19. The molecule has 0 fully saturated rings. The Bertz CT molecular complexity index is 1100. The van der Waals surface area contributed by atoms with Gasteiger partial charge in [-0.05, 0) is 30.2 Å². The summed E-state index contributed by atoms with van der Waals surface area (Å²) in [5, 5.41) is 15.2. The van der Waals surface area contributed by atoms with Gasteiger partial charge < -0.3 is 15.4 Å². The Kier molecular flexibility index (Phi) is 4.92. The molecule has 3 aromatic rings. The monoisotopic (exact) mass is 384 g/mol. The molecule has 3 heterocycles. The number of H-pyrrole nitrogens is 1. The van der Waals surface area contributed by atoms with Crippen LogP contribution in [-0.2, 0) is 6.54 Å². The van der Waals surface area contributed by atoms with E-state index in [2.05, 4.69) is 20.3 Å². The lowest BCUT2D eigenvalue weighted by Gasteiger charge is -2.13. The molecule has 5 nitrogen and oxygen atoms in total. The van der Waals surface area contributed by atoms with Gasteiger partial charge in [0.2, 0.25) is 5.95 Å². The third-order valence-electron chi connectivity index (χ3n) is 4.56. The number of aliphatic hydroxyl groups excluding tert-OH is 1. The molecule has 1 unspecified atom stereocenters. The van der Waals surface area contributed by atoms with E-state index in [9.17, 15) is 9.50 Å². The van der Waals surface area contributed by atoms with Crippen LogP contribution in [0.15, 0.2) is 47.6 Å². The lowest BCUT2D eigenvalue weighted by atomic mass is 10.0. The number of rotatable bonds is 5. The molecule has 0 saturated carbocycles. The van der Waals surface area contributed by atoms with Crippen molar-refractivity contribution in [3.8, 4) is 0 Å². The van der Waals surface area contributed by atoms with Crippen molar-refractivity contribution in [2.24, 2.45) is 4.99 Å². The van der Waals surface area contributed by atoms with Gasteiger partial charge in [-0.25, -0.2) is 4.98 Å². The Morgan fingerprint density at radius 1 is 1.22 bits per heavy atom. The van der Waals surface area contributed by atoms with Crippen molar-refractivity contribution >= 4 is 23.5 Å². The molecular weight excluding hydrogens is 367 g/mol. The van der Waals surface area contributed by atoms with E-state index >= 15 is 0 Å². The second-order valence-electron chi connectivity index (χ2n) is 6.30. The highest BCUT2D eigenvalue weighted by Crippen LogP contribution is 2.23. The molecule has 7 heteroatoms. The first-order valence-corrected chi connectivity index (χ1v) is 9.05. The molecular formula is C20H18ClFN4O. The van der Waals surface area contributed by atoms with Gasteiger partial charge in [0.15, 0.2) is 0 Å². The lowest BCUT2D eigenvalue weighted by Crippen LogP contribution is -2.29. The largest absolute Gasteiger partial charge is 0.383 e. The van der Waals surface area contributed by atoms with E-state index in [0.717, 1.165) is 22.7 Å². The Balaban J connectivity index is 1.55. The Morgan fingerprint density at radius 2 is 2.07 bits per heavy atom. The zero-order valence-electron chi connectivity index (χ0n) is 14.4. The topological polar surface area (TPSA) is 73.3 Å². The number of benzene rings is 1. The van der Waals surface area contributed by atoms with Gasteiger partial charge in [-0.1, -0.05) is 35.9 Å². The fourth-order valence-corrected chi connectivity index (χ4v) is 3.34. The number of halogens is 2. The molecule has 0 radical (unpaired) electrons. The zero-order valence-corrected chi connectivity index (χ0v) is 15.2. The summed E-state index contributed by atoms with van der Waals surface area (Å²) >= 11 is 6.12. The summed E-state index contributed by atoms with van der Waals surface area (Å²) in [5.74, 6) is -0.338. The van der Waals surface area contributed by atoms with E-state index in [0.29, 0.717) is 29.5 Å². The van der Waals surface area contributed by atoms with Crippen LogP contribution in [0.4, 0.5) is 10.2 Å². The van der Waals surface area contributed by atoms with Crippen LogP contribution < -0.4 is 16.0 Å². The summed E-state index contributed by atoms with van der Waals surface area (Å²) in [6.45, 7) is 1.14. The minimum Gasteiger partial charge on any atom is -0.383 e. The predicted octanol–water partition coefficient (Wildman–Crippen LogP) is 2.70. The van der Waals surface area contributed by atoms with E-state index < -0.39 is 12.1 Å². The molecule has 0 aliphatic carbocycles. The van der Waals surface area contributed by atoms with Crippen molar-refractivity contribution in [3.05, 3.63) is 81.0 Å². The number of aliphatic hydroxyl groups is 1. The third-order valence-corrected chi connectivity index (χ3v) is 4.93. The van der Waals surface area contributed by atoms with Crippen LogP contribution in [0.5, 0.6) is 0 Å². The number of fused-ring (bicyclic) bond motifs is 1. The van der Waals surface area contributed by atoms with Gasteiger partial charge in [0.1, 0.15) is 17.4 Å². The maximum Gasteiger partial charge on any atom is 0.220 e. The lowest BCUT2D eigenvalue weighted by molar-refractivity contribution is 0.213. The molecule has 1 aliphatic heterocycles. The van der Waals surface area contributed by atoms with Crippen molar-refractivity contribution in [2.75, 3.05) is 11.9 Å². The summed E-state index contributed by atoms with van der Waals surface area (Å²) in [6.07, 6.45) is 3.36. The van der Waals surface area contributed by atoms with Crippen LogP contribution in [0.2, 0.25) is 5.02 Å². The number of nitrogens with one attached hydrogen (secondary N) is 2. The van der Waals surface area contributed by atoms with E-state index in [1.54, 1.807) is 24.4 Å². The predicted molar refractivity (Wildman–Crippen MR) is 103 cm³/mol. The third kappa shape index (κ3) is 3.59. The van der Waals surface area contributed by atoms with Crippen molar-refractivity contribution in [1.29, 1.82) is 0 Å². The quantitative estimate of drug-likeness (QED) is 0.592. The number of hydrogen-bond acceptors (Lipinski definition) is 4. The van der Waals surface area contributed by atoms with Crippen LogP contribution in [0.3, 0.4) is 0 Å². The van der Waals surface area contributed by atoms with Gasteiger partial charge in [0, 0.05) is 40.7 Å². The van der Waals surface area contributed by atoms with Gasteiger partial charge in [-0.2, -0.15) is 4.39 Å². The summed E-state index contributed by atoms with van der Waals surface area (Å²) < 4.78 is 14.5. The summed E-state index contributed by atoms with van der Waals surface area (Å²) in [5.41, 5.74) is 2.34. The minimum atomic E-state index is -1.11. The standard InChI is InChI=1S/C20H18ClFN4O/c21-16-6-2-1-4-12(16)10-24-17-8-7-14(19(22)26-17)18(27)15-11-25-20-13(15)5-3-9-23-20/h1-2,4-8,11,18,27H,3,9-10H2,(H,23,25)(H,24,26). The van der Waals surface area contributed by atoms with Crippen molar-refractivity contribution < 1.29 is 9.50 Å². The van der Waals surface area contributed by atoms with E-state index in [-0.39, 0.29) is 5.56 Å². The molecule has 0 spiro atoms. The zero-order chi connectivity index (χ0) is 18.8. The van der Waals surface area contributed by atoms with Gasteiger partial charge in [-0.15, -0.1) is 0 Å². The molecule has 138 valence electrons. The average molecular weight is 385 g/mol. The van der Waals surface area contributed by atoms with Crippen LogP contribution in [-0.4, -0.2) is 21.6 Å². The molecule has 1 aromatic carbocycles. The second kappa shape index (κ2) is 7.50. The average Bonchev–Trinajstić information content (AvgIpc) is 3.11. The summed E-state index contributed by atoms with van der Waals surface area (Å²) in [6, 6.07) is 10.6. The van der Waals surface area contributed by atoms with Gasteiger partial charge in [-0.3, -0.25) is 4.99 Å². The molecule has 0 bridgehead atoms. The Labute approximate surface area is 160 Å². The molecule has 0 saturated heterocycles. The fraction of sp³-hybridized carbons (Fsp3) is 0.200. The van der Waals surface area contributed by atoms with Crippen LogP contribution in [0, 0.1) is 5.95 Å². The van der Waals surface area contributed by atoms with Crippen molar-refractivity contribution in [2.45, 2.75) is 19.1 Å². The van der Waals surface area contributed by atoms with Crippen LogP contribution >= 0.6 is 11.6 Å². The number of aromatic nitrogens is 2. The maximum atomic E-state index is 14.5. The first kappa shape index (κ1) is 17.7.